The number of ketones is 1. The number of nitrogens with zero attached hydrogens (tertiary/aromatic N) is 2. The lowest BCUT2D eigenvalue weighted by molar-refractivity contribution is -0.383. The van der Waals surface area contributed by atoms with Gasteiger partial charge in [-0.2, -0.15) is 0 Å². The van der Waals surface area contributed by atoms with Crippen LogP contribution in [0.25, 0.3) is 10.9 Å². The van der Waals surface area contributed by atoms with Crippen molar-refractivity contribution in [1.82, 2.24) is 4.98 Å². The third-order valence-corrected chi connectivity index (χ3v) is 3.42. The van der Waals surface area contributed by atoms with E-state index in [1.807, 2.05) is 13.8 Å². The van der Waals surface area contributed by atoms with E-state index in [0.717, 1.165) is 5.56 Å². The zero-order valence-electron chi connectivity index (χ0n) is 11.7. The highest BCUT2D eigenvalue weighted by atomic mass is 16.6. The van der Waals surface area contributed by atoms with Crippen LogP contribution in [0.4, 0.5) is 5.69 Å². The average molecular weight is 272 g/mol. The number of carbonyl (C=O) groups is 1. The molecule has 0 saturated carbocycles. The monoisotopic (exact) mass is 272 g/mol. The topological polar surface area (TPSA) is 73.1 Å². The number of nitro groups is 1. The number of carbonyl (C=O) groups excluding carboxylic acids is 1. The highest BCUT2D eigenvalue weighted by molar-refractivity contribution is 5.94. The van der Waals surface area contributed by atoms with Gasteiger partial charge in [0.25, 0.3) is 5.69 Å². The van der Waals surface area contributed by atoms with Crippen molar-refractivity contribution < 1.29 is 9.72 Å². The second-order valence-electron chi connectivity index (χ2n) is 5.16. The highest BCUT2D eigenvalue weighted by Crippen LogP contribution is 2.33. The van der Waals surface area contributed by atoms with Gasteiger partial charge in [-0.3, -0.25) is 14.9 Å². The van der Waals surface area contributed by atoms with E-state index < -0.39 is 4.92 Å². The van der Waals surface area contributed by atoms with Gasteiger partial charge in [-0.05, 0) is 24.5 Å². The molecule has 0 radical (unpaired) electrons. The van der Waals surface area contributed by atoms with Crippen LogP contribution in [0.15, 0.2) is 30.5 Å². The molecule has 0 aliphatic rings. The van der Waals surface area contributed by atoms with E-state index in [-0.39, 0.29) is 23.3 Å². The molecule has 1 aromatic carbocycles. The maximum absolute atomic E-state index is 11.9. The summed E-state index contributed by atoms with van der Waals surface area (Å²) in [6, 6.07) is 6.61. The van der Waals surface area contributed by atoms with Gasteiger partial charge >= 0.3 is 0 Å². The summed E-state index contributed by atoms with van der Waals surface area (Å²) in [6.07, 6.45) is 1.53. The Labute approximate surface area is 116 Å². The fraction of sp³-hybridized carbons (Fsp3) is 0.333. The smallest absolute Gasteiger partial charge is 0.295 e. The van der Waals surface area contributed by atoms with E-state index in [1.54, 1.807) is 25.1 Å². The molecule has 104 valence electrons. The third-order valence-electron chi connectivity index (χ3n) is 3.42. The van der Waals surface area contributed by atoms with Crippen LogP contribution in [0.1, 0.15) is 32.3 Å². The standard InChI is InChI=1S/C15H16N2O3/c1-9(2)14(10(3)18)11-7-8-16-15-12(11)5-4-6-13(15)17(19)20/h4-9,14H,1-3H3. The molecule has 0 N–H and O–H groups in total. The zero-order chi connectivity index (χ0) is 14.9. The summed E-state index contributed by atoms with van der Waals surface area (Å²) >= 11 is 0. The minimum absolute atomic E-state index is 0.0320. The van der Waals surface area contributed by atoms with Crippen molar-refractivity contribution in [2.45, 2.75) is 26.7 Å². The van der Waals surface area contributed by atoms with Gasteiger partial charge in [-0.1, -0.05) is 26.0 Å². The Bertz CT molecular complexity index is 680. The van der Waals surface area contributed by atoms with Gasteiger partial charge in [-0.15, -0.1) is 0 Å². The molecule has 1 unspecified atom stereocenters. The lowest BCUT2D eigenvalue weighted by Gasteiger charge is -2.19. The molecule has 5 heteroatoms. The lowest BCUT2D eigenvalue weighted by Crippen LogP contribution is -2.16. The predicted octanol–water partition coefficient (Wildman–Crippen LogP) is 3.47. The highest BCUT2D eigenvalue weighted by Gasteiger charge is 2.24. The van der Waals surface area contributed by atoms with Crippen molar-refractivity contribution in [2.24, 2.45) is 5.92 Å². The van der Waals surface area contributed by atoms with Gasteiger partial charge in [0.1, 0.15) is 11.3 Å². The first-order valence-corrected chi connectivity index (χ1v) is 6.46. The fourth-order valence-electron chi connectivity index (χ4n) is 2.65. The van der Waals surface area contributed by atoms with E-state index in [0.29, 0.717) is 10.9 Å². The fourth-order valence-corrected chi connectivity index (χ4v) is 2.65. The maximum Gasteiger partial charge on any atom is 0.295 e. The second kappa shape index (κ2) is 5.36. The molecule has 0 spiro atoms. The Hall–Kier alpha value is -2.30. The number of hydrogen-bond acceptors (Lipinski definition) is 4. The first kappa shape index (κ1) is 14.1. The molecule has 2 rings (SSSR count). The van der Waals surface area contributed by atoms with Crippen LogP contribution < -0.4 is 0 Å². The maximum atomic E-state index is 11.9. The van der Waals surface area contributed by atoms with Gasteiger partial charge < -0.3 is 0 Å². The van der Waals surface area contributed by atoms with Crippen molar-refractivity contribution in [2.75, 3.05) is 0 Å². The van der Waals surface area contributed by atoms with Crippen LogP contribution in [0.5, 0.6) is 0 Å². The number of benzene rings is 1. The molecule has 1 heterocycles. The van der Waals surface area contributed by atoms with Crippen molar-refractivity contribution in [3.8, 4) is 0 Å². The number of non-ortho nitro benzene ring substituents is 1. The molecule has 20 heavy (non-hydrogen) atoms. The SMILES string of the molecule is CC(=O)C(c1ccnc2c([N+](=O)[O-])cccc12)C(C)C. The third kappa shape index (κ3) is 2.39. The summed E-state index contributed by atoms with van der Waals surface area (Å²) in [5, 5.41) is 11.7. The van der Waals surface area contributed by atoms with Gasteiger partial charge in [0, 0.05) is 23.6 Å². The number of nitro benzene ring substituents is 1. The number of fused-ring (bicyclic) bond motifs is 1. The van der Waals surface area contributed by atoms with Crippen LogP contribution in [0, 0.1) is 16.0 Å². The van der Waals surface area contributed by atoms with Crippen molar-refractivity contribution in [3.05, 3.63) is 46.1 Å². The van der Waals surface area contributed by atoms with Gasteiger partial charge in [0.15, 0.2) is 0 Å². The number of rotatable bonds is 4. The number of pyridine rings is 1. The molecule has 0 saturated heterocycles. The minimum atomic E-state index is -0.447. The second-order valence-corrected chi connectivity index (χ2v) is 5.16. The quantitative estimate of drug-likeness (QED) is 0.631. The largest absolute Gasteiger partial charge is 0.299 e. The van der Waals surface area contributed by atoms with Crippen LogP contribution in [0.3, 0.4) is 0 Å². The van der Waals surface area contributed by atoms with Crippen LogP contribution >= 0.6 is 0 Å². The Balaban J connectivity index is 2.75. The number of aromatic nitrogens is 1. The molecular formula is C15H16N2O3. The molecule has 1 atom stereocenters. The predicted molar refractivity (Wildman–Crippen MR) is 76.7 cm³/mol. The number of para-hydroxylation sites is 1. The summed E-state index contributed by atoms with van der Waals surface area (Å²) in [5.41, 5.74) is 1.11. The summed E-state index contributed by atoms with van der Waals surface area (Å²) < 4.78 is 0. The summed E-state index contributed by atoms with van der Waals surface area (Å²) in [7, 11) is 0. The Kier molecular flexibility index (Phi) is 3.79. The summed E-state index contributed by atoms with van der Waals surface area (Å²) in [6.45, 7) is 5.49. The molecule has 2 aromatic rings. The number of Topliss-reactive ketones (excluding diaryl/α,β-unsaturated/α-hetero) is 1. The molecule has 1 aromatic heterocycles. The van der Waals surface area contributed by atoms with Gasteiger partial charge in [-0.25, -0.2) is 4.98 Å². The van der Waals surface area contributed by atoms with Gasteiger partial charge in [0.2, 0.25) is 0 Å². The average Bonchev–Trinajstić information content (AvgIpc) is 2.37. The Morgan fingerprint density at radius 2 is 2.00 bits per heavy atom. The normalized spacial score (nSPS) is 12.6. The summed E-state index contributed by atoms with van der Waals surface area (Å²) in [5.74, 6) is -0.0983. The minimum Gasteiger partial charge on any atom is -0.299 e. The van der Waals surface area contributed by atoms with E-state index >= 15 is 0 Å². The molecule has 0 amide bonds. The molecule has 0 bridgehead atoms. The van der Waals surface area contributed by atoms with Crippen LogP contribution in [0.2, 0.25) is 0 Å². The molecule has 5 nitrogen and oxygen atoms in total. The van der Waals surface area contributed by atoms with Crippen LogP contribution in [-0.4, -0.2) is 15.7 Å². The van der Waals surface area contributed by atoms with E-state index in [2.05, 4.69) is 4.98 Å². The number of hydrogen-bond donors (Lipinski definition) is 0. The van der Waals surface area contributed by atoms with Gasteiger partial charge in [0.05, 0.1) is 4.92 Å². The Morgan fingerprint density at radius 1 is 1.30 bits per heavy atom. The van der Waals surface area contributed by atoms with E-state index in [4.69, 9.17) is 0 Å². The molecular weight excluding hydrogens is 256 g/mol. The van der Waals surface area contributed by atoms with Crippen LogP contribution in [-0.2, 0) is 4.79 Å². The van der Waals surface area contributed by atoms with Crippen molar-refractivity contribution in [1.29, 1.82) is 0 Å². The summed E-state index contributed by atoms with van der Waals surface area (Å²) in [4.78, 5) is 26.6. The zero-order valence-corrected chi connectivity index (χ0v) is 11.7. The van der Waals surface area contributed by atoms with Crippen molar-refractivity contribution >= 4 is 22.4 Å². The van der Waals surface area contributed by atoms with E-state index in [1.165, 1.54) is 12.3 Å². The Morgan fingerprint density at radius 3 is 2.55 bits per heavy atom. The molecule has 0 aliphatic heterocycles. The molecule has 0 aliphatic carbocycles. The van der Waals surface area contributed by atoms with Crippen molar-refractivity contribution in [3.63, 3.8) is 0 Å². The van der Waals surface area contributed by atoms with E-state index in [9.17, 15) is 14.9 Å². The lowest BCUT2D eigenvalue weighted by atomic mass is 9.84. The molecule has 0 fully saturated rings. The first-order valence-electron chi connectivity index (χ1n) is 6.46. The first-order chi connectivity index (χ1) is 9.43.